The fourth-order valence-electron chi connectivity index (χ4n) is 1.75. The van der Waals surface area contributed by atoms with Crippen molar-refractivity contribution in [3.63, 3.8) is 0 Å². The maximum atomic E-state index is 11.7. The van der Waals surface area contributed by atoms with Crippen molar-refractivity contribution in [2.45, 2.75) is 13.8 Å². The highest BCUT2D eigenvalue weighted by Crippen LogP contribution is 2.23. The van der Waals surface area contributed by atoms with Gasteiger partial charge in [0.25, 0.3) is 0 Å². The average Bonchev–Trinajstić information content (AvgIpc) is 2.86. The Bertz CT molecular complexity index is 690. The molecule has 0 radical (unpaired) electrons. The van der Waals surface area contributed by atoms with Crippen LogP contribution in [0.2, 0.25) is 0 Å². The van der Waals surface area contributed by atoms with Gasteiger partial charge in [0, 0.05) is 18.0 Å². The van der Waals surface area contributed by atoms with Gasteiger partial charge in [-0.3, -0.25) is 0 Å². The predicted octanol–water partition coefficient (Wildman–Crippen LogP) is 2.39. The lowest BCUT2D eigenvalue weighted by atomic mass is 10.2. The molecule has 0 amide bonds. The molecular formula is C14H18N2O3S. The van der Waals surface area contributed by atoms with Crippen LogP contribution in [0.15, 0.2) is 36.7 Å². The van der Waals surface area contributed by atoms with Crippen molar-refractivity contribution in [1.29, 1.82) is 0 Å². The van der Waals surface area contributed by atoms with Gasteiger partial charge in [-0.25, -0.2) is 17.4 Å². The summed E-state index contributed by atoms with van der Waals surface area (Å²) in [6.07, 6.45) is 4.06. The van der Waals surface area contributed by atoms with Crippen molar-refractivity contribution < 1.29 is 13.2 Å². The van der Waals surface area contributed by atoms with E-state index in [0.29, 0.717) is 29.7 Å². The Hall–Kier alpha value is -1.82. The number of nitrogens with zero attached hydrogens (tertiary/aromatic N) is 2. The standard InChI is InChI=1S/C14H18N2O3S/c1-11(2)10-19-13-6-4-5-12(9-13)14-15-7-8-16(14)20(3,17)18/h4-9,11H,10H2,1-3H3. The zero-order chi connectivity index (χ0) is 14.8. The number of ether oxygens (including phenoxy) is 1. The molecule has 2 aromatic rings. The fourth-order valence-corrected chi connectivity index (χ4v) is 2.49. The quantitative estimate of drug-likeness (QED) is 0.849. The molecule has 0 atom stereocenters. The minimum absolute atomic E-state index is 0.391. The second kappa shape index (κ2) is 5.66. The maximum absolute atomic E-state index is 11.7. The van der Waals surface area contributed by atoms with Gasteiger partial charge in [0.1, 0.15) is 5.75 Å². The summed E-state index contributed by atoms with van der Waals surface area (Å²) in [5, 5.41) is 0. The summed E-state index contributed by atoms with van der Waals surface area (Å²) in [5.74, 6) is 1.53. The number of hydrogen-bond donors (Lipinski definition) is 0. The molecular weight excluding hydrogens is 276 g/mol. The lowest BCUT2D eigenvalue weighted by Crippen LogP contribution is -2.10. The molecule has 108 valence electrons. The van der Waals surface area contributed by atoms with Gasteiger partial charge in [0.05, 0.1) is 12.9 Å². The lowest BCUT2D eigenvalue weighted by molar-refractivity contribution is 0.271. The van der Waals surface area contributed by atoms with Crippen molar-refractivity contribution in [3.05, 3.63) is 36.7 Å². The van der Waals surface area contributed by atoms with E-state index >= 15 is 0 Å². The Balaban J connectivity index is 2.35. The van der Waals surface area contributed by atoms with Crippen molar-refractivity contribution >= 4 is 10.0 Å². The van der Waals surface area contributed by atoms with Gasteiger partial charge >= 0.3 is 0 Å². The first-order chi connectivity index (χ1) is 9.38. The summed E-state index contributed by atoms with van der Waals surface area (Å²) in [4.78, 5) is 4.12. The van der Waals surface area contributed by atoms with Crippen LogP contribution in [-0.2, 0) is 10.0 Å². The Kier molecular flexibility index (Phi) is 4.13. The van der Waals surface area contributed by atoms with Gasteiger partial charge in [-0.15, -0.1) is 0 Å². The zero-order valence-corrected chi connectivity index (χ0v) is 12.6. The van der Waals surface area contributed by atoms with Crippen LogP contribution in [0, 0.1) is 5.92 Å². The van der Waals surface area contributed by atoms with E-state index in [9.17, 15) is 8.42 Å². The molecule has 0 unspecified atom stereocenters. The molecule has 5 nitrogen and oxygen atoms in total. The molecule has 6 heteroatoms. The Morgan fingerprint density at radius 3 is 2.75 bits per heavy atom. The van der Waals surface area contributed by atoms with E-state index in [1.807, 2.05) is 18.2 Å². The topological polar surface area (TPSA) is 61.2 Å². The van der Waals surface area contributed by atoms with Gasteiger partial charge < -0.3 is 4.74 Å². The van der Waals surface area contributed by atoms with Crippen LogP contribution in [0.3, 0.4) is 0 Å². The fraction of sp³-hybridized carbons (Fsp3) is 0.357. The summed E-state index contributed by atoms with van der Waals surface area (Å²) in [6, 6.07) is 7.28. The van der Waals surface area contributed by atoms with Gasteiger partial charge in [0.15, 0.2) is 5.82 Å². The molecule has 1 heterocycles. The highest BCUT2D eigenvalue weighted by Gasteiger charge is 2.13. The highest BCUT2D eigenvalue weighted by atomic mass is 32.2. The highest BCUT2D eigenvalue weighted by molar-refractivity contribution is 7.89. The summed E-state index contributed by atoms with van der Waals surface area (Å²) >= 11 is 0. The first-order valence-corrected chi connectivity index (χ1v) is 8.20. The van der Waals surface area contributed by atoms with E-state index < -0.39 is 10.0 Å². The number of aromatic nitrogens is 2. The molecule has 0 saturated heterocycles. The number of rotatable bonds is 5. The summed E-state index contributed by atoms with van der Waals surface area (Å²) in [7, 11) is -3.36. The minimum Gasteiger partial charge on any atom is -0.493 e. The van der Waals surface area contributed by atoms with Gasteiger partial charge in [-0.05, 0) is 18.1 Å². The van der Waals surface area contributed by atoms with Crippen molar-refractivity contribution in [1.82, 2.24) is 8.96 Å². The zero-order valence-electron chi connectivity index (χ0n) is 11.8. The van der Waals surface area contributed by atoms with E-state index in [0.717, 1.165) is 10.2 Å². The monoisotopic (exact) mass is 294 g/mol. The van der Waals surface area contributed by atoms with Gasteiger partial charge in [-0.2, -0.15) is 0 Å². The third-order valence-corrected chi connectivity index (χ3v) is 3.65. The second-order valence-corrected chi connectivity index (χ2v) is 6.90. The number of benzene rings is 1. The van der Waals surface area contributed by atoms with Crippen molar-refractivity contribution in [3.8, 4) is 17.1 Å². The van der Waals surface area contributed by atoms with Crippen molar-refractivity contribution in [2.24, 2.45) is 5.92 Å². The molecule has 1 aromatic heterocycles. The van der Waals surface area contributed by atoms with Crippen LogP contribution >= 0.6 is 0 Å². The molecule has 0 bridgehead atoms. The van der Waals surface area contributed by atoms with E-state index in [-0.39, 0.29) is 0 Å². The summed E-state index contributed by atoms with van der Waals surface area (Å²) in [5.41, 5.74) is 0.710. The van der Waals surface area contributed by atoms with E-state index in [1.165, 1.54) is 12.4 Å². The molecule has 0 spiro atoms. The molecule has 1 aromatic carbocycles. The molecule has 0 aliphatic rings. The minimum atomic E-state index is -3.36. The first-order valence-electron chi connectivity index (χ1n) is 6.35. The SMILES string of the molecule is CC(C)COc1cccc(-c2nccn2S(C)(=O)=O)c1. The third kappa shape index (κ3) is 3.39. The van der Waals surface area contributed by atoms with Crippen LogP contribution < -0.4 is 4.74 Å². The van der Waals surface area contributed by atoms with Crippen LogP contribution in [0.4, 0.5) is 0 Å². The van der Waals surface area contributed by atoms with E-state index in [1.54, 1.807) is 6.07 Å². The molecule has 20 heavy (non-hydrogen) atoms. The molecule has 0 saturated carbocycles. The molecule has 2 rings (SSSR count). The Morgan fingerprint density at radius 1 is 1.35 bits per heavy atom. The van der Waals surface area contributed by atoms with E-state index in [4.69, 9.17) is 4.74 Å². The summed E-state index contributed by atoms with van der Waals surface area (Å²) < 4.78 is 30.2. The predicted molar refractivity (Wildman–Crippen MR) is 78.2 cm³/mol. The second-order valence-electron chi connectivity index (χ2n) is 5.04. The molecule has 0 fully saturated rings. The van der Waals surface area contributed by atoms with Gasteiger partial charge in [-0.1, -0.05) is 26.0 Å². The van der Waals surface area contributed by atoms with Crippen LogP contribution in [-0.4, -0.2) is 30.2 Å². The Morgan fingerprint density at radius 2 is 2.10 bits per heavy atom. The molecule has 0 aliphatic carbocycles. The largest absolute Gasteiger partial charge is 0.493 e. The smallest absolute Gasteiger partial charge is 0.237 e. The molecule has 0 N–H and O–H groups in total. The number of hydrogen-bond acceptors (Lipinski definition) is 4. The van der Waals surface area contributed by atoms with Crippen molar-refractivity contribution in [2.75, 3.05) is 12.9 Å². The summed E-state index contributed by atoms with van der Waals surface area (Å²) in [6.45, 7) is 4.75. The third-order valence-electron chi connectivity index (χ3n) is 2.64. The van der Waals surface area contributed by atoms with Crippen LogP contribution in [0.25, 0.3) is 11.4 Å². The lowest BCUT2D eigenvalue weighted by Gasteiger charge is -2.10. The van der Waals surface area contributed by atoms with Crippen LogP contribution in [0.1, 0.15) is 13.8 Å². The number of imidazole rings is 1. The molecule has 0 aliphatic heterocycles. The van der Waals surface area contributed by atoms with Crippen LogP contribution in [0.5, 0.6) is 5.75 Å². The normalized spacial score (nSPS) is 11.8. The average molecular weight is 294 g/mol. The van der Waals surface area contributed by atoms with E-state index in [2.05, 4.69) is 18.8 Å². The maximum Gasteiger partial charge on any atom is 0.237 e. The van der Waals surface area contributed by atoms with Gasteiger partial charge in [0.2, 0.25) is 10.0 Å². The first kappa shape index (κ1) is 14.6. The Labute approximate surface area is 119 Å².